The maximum Gasteiger partial charge on any atom is 0.0361 e. The van der Waals surface area contributed by atoms with E-state index in [9.17, 15) is 0 Å². The van der Waals surface area contributed by atoms with Gasteiger partial charge in [0.25, 0.3) is 0 Å². The summed E-state index contributed by atoms with van der Waals surface area (Å²) in [7, 11) is 0. The molecule has 0 saturated heterocycles. The maximum atomic E-state index is 6.33. The molecule has 0 bridgehead atoms. The quantitative estimate of drug-likeness (QED) is 0.229. The first kappa shape index (κ1) is 23.4. The number of hydrogen-bond donors (Lipinski definition) is 1. The van der Waals surface area contributed by atoms with Crippen LogP contribution in [0, 0.1) is 0 Å². The summed E-state index contributed by atoms with van der Waals surface area (Å²) in [5, 5.41) is 5.38. The fourth-order valence-electron chi connectivity index (χ4n) is 7.00. The van der Waals surface area contributed by atoms with Crippen molar-refractivity contribution in [3.63, 3.8) is 0 Å². The molecule has 0 unspecified atom stereocenters. The van der Waals surface area contributed by atoms with Crippen molar-refractivity contribution >= 4 is 63.0 Å². The summed E-state index contributed by atoms with van der Waals surface area (Å²) in [6, 6.07) is 42.8. The van der Waals surface area contributed by atoms with E-state index < -0.39 is 0 Å². The van der Waals surface area contributed by atoms with Gasteiger partial charge in [0.1, 0.15) is 0 Å². The second-order valence-corrected chi connectivity index (χ2v) is 13.1. The van der Waals surface area contributed by atoms with E-state index >= 15 is 0 Å². The van der Waals surface area contributed by atoms with E-state index in [2.05, 4.69) is 115 Å². The largest absolute Gasteiger partial charge is 0.326 e. The summed E-state index contributed by atoms with van der Waals surface area (Å²) in [6.07, 6.45) is 0.929. The van der Waals surface area contributed by atoms with E-state index in [1.807, 2.05) is 22.7 Å². The molecule has 0 atom stereocenters. The van der Waals surface area contributed by atoms with Gasteiger partial charge >= 0.3 is 0 Å². The van der Waals surface area contributed by atoms with E-state index in [1.165, 1.54) is 90.4 Å². The van der Waals surface area contributed by atoms with Crippen LogP contribution in [0.25, 0.3) is 73.7 Å². The Labute approximate surface area is 246 Å². The maximum absolute atomic E-state index is 6.33. The molecule has 2 N–H and O–H groups in total. The summed E-state index contributed by atoms with van der Waals surface area (Å²) >= 11 is 3.77. The molecule has 2 aromatic heterocycles. The van der Waals surface area contributed by atoms with Crippen molar-refractivity contribution < 1.29 is 0 Å². The normalized spacial score (nSPS) is 12.5. The van der Waals surface area contributed by atoms with Gasteiger partial charge in [-0.05, 0) is 92.9 Å². The van der Waals surface area contributed by atoms with Crippen LogP contribution in [0.4, 0.5) is 0 Å². The molecule has 0 spiro atoms. The minimum Gasteiger partial charge on any atom is -0.326 e. The zero-order valence-electron chi connectivity index (χ0n) is 22.3. The molecule has 0 radical (unpaired) electrons. The second kappa shape index (κ2) is 8.86. The Bertz CT molecular complexity index is 2340. The molecule has 3 heteroatoms. The Morgan fingerprint density at radius 2 is 1.12 bits per heavy atom. The van der Waals surface area contributed by atoms with Gasteiger partial charge in [-0.1, -0.05) is 78.9 Å². The van der Waals surface area contributed by atoms with Crippen LogP contribution in [0.3, 0.4) is 0 Å². The highest BCUT2D eigenvalue weighted by molar-refractivity contribution is 7.26. The van der Waals surface area contributed by atoms with E-state index in [0.29, 0.717) is 6.54 Å². The third kappa shape index (κ3) is 3.37. The summed E-state index contributed by atoms with van der Waals surface area (Å²) in [6.45, 7) is 0.539. The van der Waals surface area contributed by atoms with Gasteiger partial charge in [-0.3, -0.25) is 0 Å². The van der Waals surface area contributed by atoms with E-state index in [1.54, 1.807) is 0 Å². The monoisotopic (exact) mass is 559 g/mol. The standard InChI is InChI=1S/C38H25NS2/c39-21-23-9-5-8-22-18-30-29(26-13-7-17-35-38(26)28-11-2-4-15-33(28)41-35)19-24(20-31(30)36(22)23)25-12-6-16-34-37(25)27-10-1-3-14-32(27)40-34/h1-17,19-20H,18,21,39H2. The molecule has 2 heterocycles. The zero-order valence-corrected chi connectivity index (χ0v) is 23.9. The van der Waals surface area contributed by atoms with Crippen LogP contribution in [-0.4, -0.2) is 0 Å². The highest BCUT2D eigenvalue weighted by Gasteiger charge is 2.27. The average molecular weight is 560 g/mol. The number of nitrogens with two attached hydrogens (primary N) is 1. The van der Waals surface area contributed by atoms with Crippen LogP contribution in [-0.2, 0) is 13.0 Å². The van der Waals surface area contributed by atoms with E-state index in [-0.39, 0.29) is 0 Å². The fraction of sp³-hybridized carbons (Fsp3) is 0.0526. The molecule has 6 aromatic carbocycles. The molecule has 41 heavy (non-hydrogen) atoms. The van der Waals surface area contributed by atoms with Crippen LogP contribution in [0.15, 0.2) is 115 Å². The average Bonchev–Trinajstić information content (AvgIpc) is 3.71. The van der Waals surface area contributed by atoms with Gasteiger partial charge in [0.05, 0.1) is 0 Å². The molecule has 0 aliphatic heterocycles. The topological polar surface area (TPSA) is 26.0 Å². The van der Waals surface area contributed by atoms with Crippen molar-refractivity contribution in [1.29, 1.82) is 0 Å². The van der Waals surface area contributed by atoms with Gasteiger partial charge in [-0.25, -0.2) is 0 Å². The highest BCUT2D eigenvalue weighted by Crippen LogP contribution is 2.50. The Kier molecular flexibility index (Phi) is 5.06. The Morgan fingerprint density at radius 3 is 1.83 bits per heavy atom. The molecule has 0 amide bonds. The molecule has 1 aliphatic rings. The minimum absolute atomic E-state index is 0.539. The number of thiophene rings is 2. The molecule has 194 valence electrons. The first-order valence-electron chi connectivity index (χ1n) is 14.1. The predicted molar refractivity (Wildman–Crippen MR) is 179 cm³/mol. The van der Waals surface area contributed by atoms with Crippen LogP contribution >= 0.6 is 22.7 Å². The lowest BCUT2D eigenvalue weighted by Crippen LogP contribution is -1.99. The summed E-state index contributed by atoms with van der Waals surface area (Å²) < 4.78 is 5.35. The molecule has 1 nitrogen and oxygen atoms in total. The van der Waals surface area contributed by atoms with Gasteiger partial charge in [0.2, 0.25) is 0 Å². The molecule has 0 saturated carbocycles. The smallest absolute Gasteiger partial charge is 0.0361 e. The van der Waals surface area contributed by atoms with Crippen molar-refractivity contribution in [2.24, 2.45) is 5.73 Å². The molecule has 1 aliphatic carbocycles. The first-order chi connectivity index (χ1) is 20.3. The molecule has 0 fully saturated rings. The van der Waals surface area contributed by atoms with Crippen LogP contribution in [0.2, 0.25) is 0 Å². The summed E-state index contributed by atoms with van der Waals surface area (Å²) in [5.41, 5.74) is 18.2. The Morgan fingerprint density at radius 1 is 0.537 bits per heavy atom. The van der Waals surface area contributed by atoms with Gasteiger partial charge < -0.3 is 5.73 Å². The second-order valence-electron chi connectivity index (χ2n) is 10.9. The van der Waals surface area contributed by atoms with Gasteiger partial charge in [0.15, 0.2) is 0 Å². The number of benzene rings is 6. The van der Waals surface area contributed by atoms with Gasteiger partial charge in [0, 0.05) is 46.9 Å². The number of fused-ring (bicyclic) bond motifs is 9. The van der Waals surface area contributed by atoms with Crippen molar-refractivity contribution in [3.8, 4) is 33.4 Å². The lowest BCUT2D eigenvalue weighted by molar-refractivity contribution is 1.07. The summed E-state index contributed by atoms with van der Waals surface area (Å²) in [4.78, 5) is 0. The molecule has 9 rings (SSSR count). The third-order valence-electron chi connectivity index (χ3n) is 8.75. The Hall–Kier alpha value is -4.28. The summed E-state index contributed by atoms with van der Waals surface area (Å²) in [5.74, 6) is 0. The highest BCUT2D eigenvalue weighted by atomic mass is 32.1. The van der Waals surface area contributed by atoms with Crippen molar-refractivity contribution in [2.45, 2.75) is 13.0 Å². The third-order valence-corrected chi connectivity index (χ3v) is 11.0. The SMILES string of the molecule is NCc1cccc2c1-c1cc(-c3cccc4sc5ccccc5c34)cc(-c3cccc4sc5ccccc5c34)c1C2. The van der Waals surface area contributed by atoms with Crippen LogP contribution < -0.4 is 5.73 Å². The van der Waals surface area contributed by atoms with Gasteiger partial charge in [-0.2, -0.15) is 0 Å². The fourth-order valence-corrected chi connectivity index (χ4v) is 9.27. The lowest BCUT2D eigenvalue weighted by atomic mass is 9.87. The molecule has 8 aromatic rings. The predicted octanol–water partition coefficient (Wildman–Crippen LogP) is 10.8. The zero-order chi connectivity index (χ0) is 27.1. The van der Waals surface area contributed by atoms with Gasteiger partial charge in [-0.15, -0.1) is 22.7 Å². The van der Waals surface area contributed by atoms with Crippen molar-refractivity contribution in [3.05, 3.63) is 132 Å². The van der Waals surface area contributed by atoms with E-state index in [4.69, 9.17) is 5.73 Å². The molecular weight excluding hydrogens is 535 g/mol. The lowest BCUT2D eigenvalue weighted by Gasteiger charge is -2.16. The van der Waals surface area contributed by atoms with E-state index in [0.717, 1.165) is 6.42 Å². The minimum atomic E-state index is 0.539. The number of hydrogen-bond acceptors (Lipinski definition) is 3. The number of rotatable bonds is 3. The van der Waals surface area contributed by atoms with Crippen molar-refractivity contribution in [2.75, 3.05) is 0 Å². The Balaban J connectivity index is 1.41. The van der Waals surface area contributed by atoms with Crippen LogP contribution in [0.1, 0.15) is 16.7 Å². The first-order valence-corrected chi connectivity index (χ1v) is 15.7. The molecular formula is C38H25NS2. The van der Waals surface area contributed by atoms with Crippen molar-refractivity contribution in [1.82, 2.24) is 0 Å². The van der Waals surface area contributed by atoms with Crippen LogP contribution in [0.5, 0.6) is 0 Å².